The molecule has 1 saturated heterocycles. The molecule has 1 aromatic carbocycles. The van der Waals surface area contributed by atoms with Crippen LogP contribution in [0.4, 0.5) is 5.82 Å². The van der Waals surface area contributed by atoms with Crippen LogP contribution >= 0.6 is 0 Å². The van der Waals surface area contributed by atoms with E-state index in [2.05, 4.69) is 21.8 Å². The van der Waals surface area contributed by atoms with E-state index in [0.29, 0.717) is 11.4 Å². The summed E-state index contributed by atoms with van der Waals surface area (Å²) in [5.41, 5.74) is 1.62. The monoisotopic (exact) mass is 283 g/mol. The van der Waals surface area contributed by atoms with Gasteiger partial charge in [-0.05, 0) is 37.8 Å². The predicted octanol–water partition coefficient (Wildman–Crippen LogP) is 3.39. The van der Waals surface area contributed by atoms with E-state index in [1.54, 1.807) is 6.07 Å². The molecule has 0 radical (unpaired) electrons. The molecule has 1 fully saturated rings. The summed E-state index contributed by atoms with van der Waals surface area (Å²) in [6, 6.07) is 9.25. The molecule has 1 aromatic heterocycles. The Morgan fingerprint density at radius 3 is 2.57 bits per heavy atom. The normalized spacial score (nSPS) is 16.2. The maximum Gasteiger partial charge on any atom is 0.165 e. The molecule has 0 saturated carbocycles. The zero-order valence-electron chi connectivity index (χ0n) is 12.6. The zero-order valence-corrected chi connectivity index (χ0v) is 12.6. The smallest absolute Gasteiger partial charge is 0.165 e. The van der Waals surface area contributed by atoms with E-state index in [-0.39, 0.29) is 5.75 Å². The number of phenols is 1. The van der Waals surface area contributed by atoms with Crippen LogP contribution in [0.25, 0.3) is 11.4 Å². The molecule has 3 rings (SSSR count). The summed E-state index contributed by atoms with van der Waals surface area (Å²) in [5.74, 6) is 2.58. The van der Waals surface area contributed by atoms with Gasteiger partial charge in [0.05, 0.1) is 5.56 Å². The second kappa shape index (κ2) is 5.72. The summed E-state index contributed by atoms with van der Waals surface area (Å²) >= 11 is 0. The standard InChI is InChI=1S/C17H21N3O/c1-12-7-9-20(10-8-12)16-11-13(2)18-17(19-16)14-5-3-4-6-15(14)21/h3-6,11-12,21H,7-10H2,1-2H3. The first kappa shape index (κ1) is 13.9. The number of aromatic hydroxyl groups is 1. The molecule has 4 heteroatoms. The number of hydrogen-bond donors (Lipinski definition) is 1. The highest BCUT2D eigenvalue weighted by Gasteiger charge is 2.18. The number of piperidine rings is 1. The number of rotatable bonds is 2. The molecule has 0 unspecified atom stereocenters. The minimum atomic E-state index is 0.223. The van der Waals surface area contributed by atoms with Crippen LogP contribution in [0.1, 0.15) is 25.5 Å². The van der Waals surface area contributed by atoms with Crippen LogP contribution in [0.2, 0.25) is 0 Å². The molecule has 0 bridgehead atoms. The highest BCUT2D eigenvalue weighted by atomic mass is 16.3. The molecule has 1 aliphatic rings. The lowest BCUT2D eigenvalue weighted by atomic mass is 9.99. The van der Waals surface area contributed by atoms with Crippen molar-refractivity contribution in [2.24, 2.45) is 5.92 Å². The first-order valence-corrected chi connectivity index (χ1v) is 7.52. The molecule has 2 aromatic rings. The molecule has 0 amide bonds. The molecule has 2 heterocycles. The van der Waals surface area contributed by atoms with Gasteiger partial charge in [-0.1, -0.05) is 19.1 Å². The molecule has 110 valence electrons. The number of para-hydroxylation sites is 1. The Morgan fingerprint density at radius 2 is 1.86 bits per heavy atom. The predicted molar refractivity (Wildman–Crippen MR) is 84.5 cm³/mol. The number of hydrogen-bond acceptors (Lipinski definition) is 4. The van der Waals surface area contributed by atoms with Crippen molar-refractivity contribution in [3.63, 3.8) is 0 Å². The first-order chi connectivity index (χ1) is 10.1. The minimum Gasteiger partial charge on any atom is -0.507 e. The summed E-state index contributed by atoms with van der Waals surface area (Å²) in [7, 11) is 0. The van der Waals surface area contributed by atoms with Crippen LogP contribution in [-0.4, -0.2) is 28.2 Å². The average Bonchev–Trinajstić information content (AvgIpc) is 2.48. The number of nitrogens with zero attached hydrogens (tertiary/aromatic N) is 3. The fourth-order valence-electron chi connectivity index (χ4n) is 2.73. The highest BCUT2D eigenvalue weighted by molar-refractivity contribution is 5.65. The molecular weight excluding hydrogens is 262 g/mol. The largest absolute Gasteiger partial charge is 0.507 e. The summed E-state index contributed by atoms with van der Waals surface area (Å²) in [6.07, 6.45) is 2.41. The van der Waals surface area contributed by atoms with Gasteiger partial charge in [0, 0.05) is 24.8 Å². The van der Waals surface area contributed by atoms with E-state index in [0.717, 1.165) is 30.5 Å². The van der Waals surface area contributed by atoms with E-state index in [4.69, 9.17) is 0 Å². The van der Waals surface area contributed by atoms with Crippen molar-refractivity contribution in [2.75, 3.05) is 18.0 Å². The Bertz CT molecular complexity index is 634. The number of anilines is 1. The molecule has 0 aliphatic carbocycles. The minimum absolute atomic E-state index is 0.223. The average molecular weight is 283 g/mol. The van der Waals surface area contributed by atoms with Crippen LogP contribution in [0.5, 0.6) is 5.75 Å². The number of aryl methyl sites for hydroxylation is 1. The van der Waals surface area contributed by atoms with Crippen molar-refractivity contribution in [3.05, 3.63) is 36.0 Å². The lowest BCUT2D eigenvalue weighted by Crippen LogP contribution is -2.33. The zero-order chi connectivity index (χ0) is 14.8. The van der Waals surface area contributed by atoms with Crippen molar-refractivity contribution in [1.29, 1.82) is 0 Å². The summed E-state index contributed by atoms with van der Waals surface area (Å²) in [6.45, 7) is 6.35. The molecule has 0 atom stereocenters. The molecule has 1 N–H and O–H groups in total. The van der Waals surface area contributed by atoms with Crippen LogP contribution < -0.4 is 4.90 Å². The Morgan fingerprint density at radius 1 is 1.14 bits per heavy atom. The Labute approximate surface area is 125 Å². The summed E-state index contributed by atoms with van der Waals surface area (Å²) in [4.78, 5) is 11.5. The van der Waals surface area contributed by atoms with E-state index in [1.165, 1.54) is 12.8 Å². The van der Waals surface area contributed by atoms with E-state index in [1.807, 2.05) is 31.2 Å². The topological polar surface area (TPSA) is 49.2 Å². The lowest BCUT2D eigenvalue weighted by Gasteiger charge is -2.31. The third kappa shape index (κ3) is 2.99. The SMILES string of the molecule is Cc1cc(N2CCC(C)CC2)nc(-c2ccccc2O)n1. The van der Waals surface area contributed by atoms with Gasteiger partial charge in [-0.3, -0.25) is 0 Å². The van der Waals surface area contributed by atoms with Gasteiger partial charge in [0.25, 0.3) is 0 Å². The van der Waals surface area contributed by atoms with Crippen molar-refractivity contribution < 1.29 is 5.11 Å². The van der Waals surface area contributed by atoms with Gasteiger partial charge in [-0.2, -0.15) is 0 Å². The summed E-state index contributed by atoms with van der Waals surface area (Å²) < 4.78 is 0. The van der Waals surface area contributed by atoms with E-state index in [9.17, 15) is 5.11 Å². The van der Waals surface area contributed by atoms with Crippen molar-refractivity contribution in [2.45, 2.75) is 26.7 Å². The number of aromatic nitrogens is 2. The molecule has 4 nitrogen and oxygen atoms in total. The lowest BCUT2D eigenvalue weighted by molar-refractivity contribution is 0.436. The quantitative estimate of drug-likeness (QED) is 0.917. The Balaban J connectivity index is 1.95. The van der Waals surface area contributed by atoms with Crippen molar-refractivity contribution in [3.8, 4) is 17.1 Å². The van der Waals surface area contributed by atoms with Gasteiger partial charge < -0.3 is 10.0 Å². The molecule has 21 heavy (non-hydrogen) atoms. The molecule has 1 aliphatic heterocycles. The van der Waals surface area contributed by atoms with Gasteiger partial charge in [0.1, 0.15) is 11.6 Å². The van der Waals surface area contributed by atoms with Crippen molar-refractivity contribution in [1.82, 2.24) is 9.97 Å². The Hall–Kier alpha value is -2.10. The Kier molecular flexibility index (Phi) is 3.78. The van der Waals surface area contributed by atoms with E-state index < -0.39 is 0 Å². The molecular formula is C17H21N3O. The third-order valence-electron chi connectivity index (χ3n) is 4.09. The van der Waals surface area contributed by atoms with Gasteiger partial charge in [0.15, 0.2) is 5.82 Å². The van der Waals surface area contributed by atoms with Crippen LogP contribution in [-0.2, 0) is 0 Å². The second-order valence-corrected chi connectivity index (χ2v) is 5.88. The van der Waals surface area contributed by atoms with Crippen molar-refractivity contribution >= 4 is 5.82 Å². The van der Waals surface area contributed by atoms with Crippen LogP contribution in [0.15, 0.2) is 30.3 Å². The van der Waals surface area contributed by atoms with Crippen LogP contribution in [0, 0.1) is 12.8 Å². The fourth-order valence-corrected chi connectivity index (χ4v) is 2.73. The van der Waals surface area contributed by atoms with Gasteiger partial charge in [-0.25, -0.2) is 9.97 Å². The van der Waals surface area contributed by atoms with Crippen LogP contribution in [0.3, 0.4) is 0 Å². The first-order valence-electron chi connectivity index (χ1n) is 7.52. The van der Waals surface area contributed by atoms with Gasteiger partial charge >= 0.3 is 0 Å². The van der Waals surface area contributed by atoms with Gasteiger partial charge in [-0.15, -0.1) is 0 Å². The summed E-state index contributed by atoms with van der Waals surface area (Å²) in [5, 5.41) is 10.00. The highest BCUT2D eigenvalue weighted by Crippen LogP contribution is 2.28. The molecule has 0 spiro atoms. The maximum atomic E-state index is 10.00. The third-order valence-corrected chi connectivity index (χ3v) is 4.09. The number of benzene rings is 1. The second-order valence-electron chi connectivity index (χ2n) is 5.88. The van der Waals surface area contributed by atoms with E-state index >= 15 is 0 Å². The van der Waals surface area contributed by atoms with Gasteiger partial charge in [0.2, 0.25) is 0 Å². The number of phenolic OH excluding ortho intramolecular Hbond substituents is 1. The fraction of sp³-hybridized carbons (Fsp3) is 0.412. The maximum absolute atomic E-state index is 10.00.